The minimum absolute atomic E-state index is 0.164. The summed E-state index contributed by atoms with van der Waals surface area (Å²) in [5.74, 6) is 0.0165. The van der Waals surface area contributed by atoms with Gasteiger partial charge in [0.25, 0.3) is 11.8 Å². The standard InChI is InChI=1S/C24H29N5O2/c1-6-25-22(30)16-8-7-9-17(12-16)26-23(31)18-13-19(15-10-11-15)27-21-20(18)14(2)28-29(21)24(3,4)5/h7-9,12-13,15H,6,10-11H2,1-5H3,(H,25,30)(H,26,31). The molecule has 0 bridgehead atoms. The van der Waals surface area contributed by atoms with Crippen LogP contribution in [0.4, 0.5) is 5.69 Å². The van der Waals surface area contributed by atoms with E-state index in [0.29, 0.717) is 29.3 Å². The molecule has 1 aromatic carbocycles. The Morgan fingerprint density at radius 2 is 1.90 bits per heavy atom. The smallest absolute Gasteiger partial charge is 0.256 e. The van der Waals surface area contributed by atoms with Gasteiger partial charge in [0.05, 0.1) is 22.2 Å². The summed E-state index contributed by atoms with van der Waals surface area (Å²) in [6.07, 6.45) is 2.19. The monoisotopic (exact) mass is 419 g/mol. The molecule has 2 N–H and O–H groups in total. The molecule has 0 atom stereocenters. The third kappa shape index (κ3) is 4.17. The van der Waals surface area contributed by atoms with Crippen LogP contribution in [0.25, 0.3) is 11.0 Å². The summed E-state index contributed by atoms with van der Waals surface area (Å²) in [7, 11) is 0. The van der Waals surface area contributed by atoms with Crippen molar-refractivity contribution in [1.82, 2.24) is 20.1 Å². The van der Waals surface area contributed by atoms with Gasteiger partial charge in [0.1, 0.15) is 0 Å². The molecular formula is C24H29N5O2. The zero-order valence-electron chi connectivity index (χ0n) is 18.7. The van der Waals surface area contributed by atoms with E-state index in [-0.39, 0.29) is 17.4 Å². The maximum Gasteiger partial charge on any atom is 0.256 e. The van der Waals surface area contributed by atoms with Gasteiger partial charge in [-0.25, -0.2) is 9.67 Å². The lowest BCUT2D eigenvalue weighted by atomic mass is 10.1. The zero-order valence-corrected chi connectivity index (χ0v) is 18.7. The number of nitrogens with one attached hydrogen (secondary N) is 2. The average molecular weight is 420 g/mol. The highest BCUT2D eigenvalue weighted by Gasteiger charge is 2.30. The molecule has 1 fully saturated rings. The van der Waals surface area contributed by atoms with Crippen LogP contribution in [0.1, 0.15) is 78.6 Å². The molecule has 1 aliphatic carbocycles. The van der Waals surface area contributed by atoms with Gasteiger partial charge in [-0.1, -0.05) is 6.07 Å². The average Bonchev–Trinajstić information content (AvgIpc) is 3.50. The number of pyridine rings is 1. The lowest BCUT2D eigenvalue weighted by Gasteiger charge is -2.20. The molecule has 0 aliphatic heterocycles. The van der Waals surface area contributed by atoms with E-state index in [9.17, 15) is 9.59 Å². The Morgan fingerprint density at radius 1 is 1.16 bits per heavy atom. The van der Waals surface area contributed by atoms with E-state index in [0.717, 1.165) is 35.3 Å². The zero-order chi connectivity index (χ0) is 22.3. The van der Waals surface area contributed by atoms with Crippen LogP contribution in [-0.2, 0) is 5.54 Å². The molecule has 1 saturated carbocycles. The molecule has 4 rings (SSSR count). The van der Waals surface area contributed by atoms with Crippen molar-refractivity contribution in [2.24, 2.45) is 0 Å². The van der Waals surface area contributed by atoms with Crippen molar-refractivity contribution in [2.75, 3.05) is 11.9 Å². The Kier molecular flexibility index (Phi) is 5.29. The third-order valence-electron chi connectivity index (χ3n) is 5.43. The van der Waals surface area contributed by atoms with Crippen molar-refractivity contribution in [3.63, 3.8) is 0 Å². The summed E-state index contributed by atoms with van der Waals surface area (Å²) in [6.45, 7) is 10.6. The summed E-state index contributed by atoms with van der Waals surface area (Å²) >= 11 is 0. The number of hydrogen-bond donors (Lipinski definition) is 2. The minimum Gasteiger partial charge on any atom is -0.352 e. The first-order chi connectivity index (χ1) is 14.7. The third-order valence-corrected chi connectivity index (χ3v) is 5.43. The largest absolute Gasteiger partial charge is 0.352 e. The number of aryl methyl sites for hydroxylation is 1. The minimum atomic E-state index is -0.254. The molecule has 3 aromatic rings. The molecular weight excluding hydrogens is 390 g/mol. The van der Waals surface area contributed by atoms with Crippen LogP contribution in [0.15, 0.2) is 30.3 Å². The lowest BCUT2D eigenvalue weighted by molar-refractivity contribution is 0.0954. The van der Waals surface area contributed by atoms with Gasteiger partial charge in [-0.3, -0.25) is 9.59 Å². The van der Waals surface area contributed by atoms with Crippen LogP contribution in [-0.4, -0.2) is 33.1 Å². The van der Waals surface area contributed by atoms with Crippen molar-refractivity contribution in [1.29, 1.82) is 0 Å². The van der Waals surface area contributed by atoms with Crippen molar-refractivity contribution in [3.8, 4) is 0 Å². The number of fused-ring (bicyclic) bond motifs is 1. The molecule has 0 radical (unpaired) electrons. The molecule has 7 nitrogen and oxygen atoms in total. The van der Waals surface area contributed by atoms with E-state index in [4.69, 9.17) is 10.1 Å². The highest BCUT2D eigenvalue weighted by molar-refractivity contribution is 6.13. The van der Waals surface area contributed by atoms with Crippen LogP contribution in [0.5, 0.6) is 0 Å². The Bertz CT molecular complexity index is 1170. The van der Waals surface area contributed by atoms with E-state index in [1.165, 1.54) is 0 Å². The molecule has 2 amide bonds. The Morgan fingerprint density at radius 3 is 2.55 bits per heavy atom. The fraction of sp³-hybridized carbons (Fsp3) is 0.417. The second kappa shape index (κ2) is 7.80. The van der Waals surface area contributed by atoms with E-state index < -0.39 is 0 Å². The van der Waals surface area contributed by atoms with Crippen LogP contribution in [0.2, 0.25) is 0 Å². The van der Waals surface area contributed by atoms with Gasteiger partial charge in [-0.15, -0.1) is 0 Å². The summed E-state index contributed by atoms with van der Waals surface area (Å²) in [6, 6.07) is 8.88. The van der Waals surface area contributed by atoms with E-state index in [1.54, 1.807) is 24.3 Å². The number of rotatable bonds is 5. The van der Waals surface area contributed by atoms with Crippen molar-refractivity contribution in [2.45, 2.75) is 58.9 Å². The fourth-order valence-corrected chi connectivity index (χ4v) is 3.74. The molecule has 162 valence electrons. The number of hydrogen-bond acceptors (Lipinski definition) is 4. The molecule has 31 heavy (non-hydrogen) atoms. The summed E-state index contributed by atoms with van der Waals surface area (Å²) in [5, 5.41) is 11.2. The predicted octanol–water partition coefficient (Wildman–Crippen LogP) is 4.37. The topological polar surface area (TPSA) is 88.9 Å². The molecule has 0 unspecified atom stereocenters. The summed E-state index contributed by atoms with van der Waals surface area (Å²) in [4.78, 5) is 30.4. The quantitative estimate of drug-likeness (QED) is 0.642. The highest BCUT2D eigenvalue weighted by Crippen LogP contribution is 2.41. The Labute approximate surface area is 182 Å². The first-order valence-corrected chi connectivity index (χ1v) is 10.8. The normalized spacial score (nSPS) is 14.0. The molecule has 2 aromatic heterocycles. The maximum absolute atomic E-state index is 13.4. The van der Waals surface area contributed by atoms with Gasteiger partial charge < -0.3 is 10.6 Å². The number of anilines is 1. The first-order valence-electron chi connectivity index (χ1n) is 10.8. The van der Waals surface area contributed by atoms with E-state index in [1.807, 2.05) is 24.6 Å². The number of amides is 2. The van der Waals surface area contributed by atoms with Gasteiger partial charge in [-0.05, 0) is 71.7 Å². The van der Waals surface area contributed by atoms with E-state index >= 15 is 0 Å². The van der Waals surface area contributed by atoms with Gasteiger partial charge in [0.15, 0.2) is 5.65 Å². The highest BCUT2D eigenvalue weighted by atomic mass is 16.2. The SMILES string of the molecule is CCNC(=O)c1cccc(NC(=O)c2cc(C3CC3)nc3c2c(C)nn3C(C)(C)C)c1. The Hall–Kier alpha value is -3.22. The van der Waals surface area contributed by atoms with Crippen LogP contribution in [0, 0.1) is 6.92 Å². The lowest BCUT2D eigenvalue weighted by Crippen LogP contribution is -2.24. The number of benzene rings is 1. The van der Waals surface area contributed by atoms with Crippen molar-refractivity contribution in [3.05, 3.63) is 52.8 Å². The molecule has 1 aliphatic rings. The Balaban J connectivity index is 1.75. The first kappa shape index (κ1) is 21.0. The number of aromatic nitrogens is 3. The predicted molar refractivity (Wildman–Crippen MR) is 122 cm³/mol. The van der Waals surface area contributed by atoms with Crippen LogP contribution >= 0.6 is 0 Å². The van der Waals surface area contributed by atoms with Gasteiger partial charge in [0, 0.05) is 29.4 Å². The number of nitrogens with zero attached hydrogens (tertiary/aromatic N) is 3. The number of carbonyl (C=O) groups excluding carboxylic acids is 2. The summed E-state index contributed by atoms with van der Waals surface area (Å²) < 4.78 is 1.91. The van der Waals surface area contributed by atoms with Crippen LogP contribution in [0.3, 0.4) is 0 Å². The molecule has 2 heterocycles. The maximum atomic E-state index is 13.4. The van der Waals surface area contributed by atoms with Crippen LogP contribution < -0.4 is 10.6 Å². The summed E-state index contributed by atoms with van der Waals surface area (Å²) in [5.41, 5.74) is 3.87. The number of carbonyl (C=O) groups is 2. The second-order valence-electron chi connectivity index (χ2n) is 9.13. The van der Waals surface area contributed by atoms with Gasteiger partial charge >= 0.3 is 0 Å². The van der Waals surface area contributed by atoms with Gasteiger partial charge in [0.2, 0.25) is 0 Å². The second-order valence-corrected chi connectivity index (χ2v) is 9.13. The molecule has 0 saturated heterocycles. The van der Waals surface area contributed by atoms with E-state index in [2.05, 4.69) is 31.4 Å². The van der Waals surface area contributed by atoms with Crippen molar-refractivity contribution >= 4 is 28.5 Å². The molecule has 0 spiro atoms. The fourth-order valence-electron chi connectivity index (χ4n) is 3.74. The molecule has 7 heteroatoms. The van der Waals surface area contributed by atoms with Gasteiger partial charge in [-0.2, -0.15) is 5.10 Å². The van der Waals surface area contributed by atoms with Crippen molar-refractivity contribution < 1.29 is 9.59 Å².